The zero-order valence-corrected chi connectivity index (χ0v) is 14.2. The molecule has 0 heterocycles. The summed E-state index contributed by atoms with van der Waals surface area (Å²) in [5.74, 6) is -0.297. The molecule has 2 aromatic carbocycles. The summed E-state index contributed by atoms with van der Waals surface area (Å²) in [6, 6.07) is 16.7. The highest BCUT2D eigenvalue weighted by Crippen LogP contribution is 2.19. The zero-order valence-electron chi connectivity index (χ0n) is 14.2. The lowest BCUT2D eigenvalue weighted by Crippen LogP contribution is -2.25. The van der Waals surface area contributed by atoms with Gasteiger partial charge in [0.1, 0.15) is 0 Å². The number of hydrogen-bond donors (Lipinski definition) is 2. The van der Waals surface area contributed by atoms with Crippen molar-refractivity contribution >= 4 is 23.6 Å². The largest absolute Gasteiger partial charge is 0.349 e. The van der Waals surface area contributed by atoms with E-state index in [0.29, 0.717) is 23.7 Å². The van der Waals surface area contributed by atoms with E-state index in [1.807, 2.05) is 24.3 Å². The number of nitriles is 1. The molecule has 1 saturated carbocycles. The lowest BCUT2D eigenvalue weighted by molar-refractivity contribution is -0.111. The predicted octanol–water partition coefficient (Wildman–Crippen LogP) is 3.30. The third kappa shape index (κ3) is 5.05. The number of nitrogens with one attached hydrogen (secondary N) is 2. The molecule has 3 rings (SSSR count). The Balaban J connectivity index is 1.54. The molecule has 26 heavy (non-hydrogen) atoms. The van der Waals surface area contributed by atoms with Crippen molar-refractivity contribution in [3.8, 4) is 6.07 Å². The van der Waals surface area contributed by atoms with Gasteiger partial charge in [-0.1, -0.05) is 24.3 Å². The molecule has 130 valence electrons. The topological polar surface area (TPSA) is 82.0 Å². The maximum absolute atomic E-state index is 12.0. The van der Waals surface area contributed by atoms with Crippen molar-refractivity contribution in [2.45, 2.75) is 25.3 Å². The normalized spacial score (nSPS) is 13.2. The molecule has 5 heteroatoms. The molecular weight excluding hydrogens is 326 g/mol. The molecule has 0 radical (unpaired) electrons. The molecule has 2 N–H and O–H groups in total. The Labute approximate surface area is 152 Å². The Hall–Kier alpha value is -3.39. The van der Waals surface area contributed by atoms with Crippen LogP contribution in [-0.2, 0) is 11.2 Å². The lowest BCUT2D eigenvalue weighted by Gasteiger charge is -2.04. The fourth-order valence-electron chi connectivity index (χ4n) is 2.40. The number of rotatable bonds is 6. The smallest absolute Gasteiger partial charge is 0.251 e. The summed E-state index contributed by atoms with van der Waals surface area (Å²) < 4.78 is 0. The summed E-state index contributed by atoms with van der Waals surface area (Å²) in [5, 5.41) is 14.4. The Bertz CT molecular complexity index is 858. The van der Waals surface area contributed by atoms with Crippen LogP contribution in [0, 0.1) is 11.3 Å². The Morgan fingerprint density at radius 1 is 1.08 bits per heavy atom. The molecule has 5 nitrogen and oxygen atoms in total. The van der Waals surface area contributed by atoms with Gasteiger partial charge in [0.15, 0.2) is 0 Å². The van der Waals surface area contributed by atoms with Crippen LogP contribution in [-0.4, -0.2) is 17.9 Å². The minimum atomic E-state index is -0.242. The van der Waals surface area contributed by atoms with Gasteiger partial charge in [-0.25, -0.2) is 0 Å². The van der Waals surface area contributed by atoms with Gasteiger partial charge in [-0.15, -0.1) is 0 Å². The van der Waals surface area contributed by atoms with Crippen molar-refractivity contribution in [1.82, 2.24) is 5.32 Å². The van der Waals surface area contributed by atoms with Gasteiger partial charge in [0, 0.05) is 23.4 Å². The average molecular weight is 345 g/mol. The van der Waals surface area contributed by atoms with Crippen LogP contribution in [0.25, 0.3) is 6.08 Å². The second-order valence-electron chi connectivity index (χ2n) is 6.22. The van der Waals surface area contributed by atoms with Crippen LogP contribution >= 0.6 is 0 Å². The monoisotopic (exact) mass is 345 g/mol. The van der Waals surface area contributed by atoms with Crippen LogP contribution in [0.2, 0.25) is 0 Å². The predicted molar refractivity (Wildman–Crippen MR) is 100 cm³/mol. The van der Waals surface area contributed by atoms with Crippen LogP contribution in [0.4, 0.5) is 5.69 Å². The van der Waals surface area contributed by atoms with E-state index < -0.39 is 0 Å². The van der Waals surface area contributed by atoms with E-state index in [-0.39, 0.29) is 11.8 Å². The highest BCUT2D eigenvalue weighted by Gasteiger charge is 2.23. The van der Waals surface area contributed by atoms with Gasteiger partial charge in [0.25, 0.3) is 5.91 Å². The van der Waals surface area contributed by atoms with E-state index >= 15 is 0 Å². The van der Waals surface area contributed by atoms with Crippen molar-refractivity contribution in [3.63, 3.8) is 0 Å². The first kappa shape index (κ1) is 17.4. The summed E-state index contributed by atoms with van der Waals surface area (Å²) in [4.78, 5) is 23.9. The molecule has 0 atom stereocenters. The van der Waals surface area contributed by atoms with Crippen molar-refractivity contribution in [1.29, 1.82) is 5.26 Å². The van der Waals surface area contributed by atoms with Gasteiger partial charge in [-0.2, -0.15) is 5.26 Å². The third-order valence-corrected chi connectivity index (χ3v) is 4.02. The highest BCUT2D eigenvalue weighted by atomic mass is 16.2. The summed E-state index contributed by atoms with van der Waals surface area (Å²) in [5.41, 5.74) is 3.05. The van der Waals surface area contributed by atoms with Crippen LogP contribution in [0.15, 0.2) is 54.6 Å². The SMILES string of the molecule is N#CCc1ccc(NC(=O)/C=C/c2ccc(C(=O)NC3CC3)cc2)cc1. The quantitative estimate of drug-likeness (QED) is 0.788. The first-order chi connectivity index (χ1) is 12.6. The van der Waals surface area contributed by atoms with Gasteiger partial charge in [-0.3, -0.25) is 9.59 Å². The van der Waals surface area contributed by atoms with Crippen LogP contribution in [0.1, 0.15) is 34.3 Å². The Kier molecular flexibility index (Phi) is 5.45. The number of amides is 2. The molecule has 0 unspecified atom stereocenters. The maximum Gasteiger partial charge on any atom is 0.251 e. The van der Waals surface area contributed by atoms with Gasteiger partial charge >= 0.3 is 0 Å². The van der Waals surface area contributed by atoms with Crippen LogP contribution in [0.5, 0.6) is 0 Å². The number of carbonyl (C=O) groups is 2. The molecular formula is C21H19N3O2. The van der Waals surface area contributed by atoms with Crippen LogP contribution < -0.4 is 10.6 Å². The minimum Gasteiger partial charge on any atom is -0.349 e. The molecule has 2 aromatic rings. The second-order valence-corrected chi connectivity index (χ2v) is 6.22. The van der Waals surface area contributed by atoms with E-state index in [9.17, 15) is 9.59 Å². The molecule has 1 aliphatic carbocycles. The standard InChI is InChI=1S/C21H19N3O2/c22-14-13-16-3-8-18(9-4-16)23-20(25)12-5-15-1-6-17(7-2-15)21(26)24-19-10-11-19/h1-9,12,19H,10-11,13H2,(H,23,25)(H,24,26)/b12-5+. The van der Waals surface area contributed by atoms with E-state index in [1.54, 1.807) is 30.3 Å². The molecule has 2 amide bonds. The van der Waals surface area contributed by atoms with E-state index in [1.165, 1.54) is 6.08 Å². The fourth-order valence-corrected chi connectivity index (χ4v) is 2.40. The Morgan fingerprint density at radius 3 is 2.38 bits per heavy atom. The molecule has 0 saturated heterocycles. The second kappa shape index (κ2) is 8.13. The van der Waals surface area contributed by atoms with E-state index in [4.69, 9.17) is 5.26 Å². The number of hydrogen-bond acceptors (Lipinski definition) is 3. The number of carbonyl (C=O) groups excluding carboxylic acids is 2. The molecule has 1 fully saturated rings. The number of anilines is 1. The minimum absolute atomic E-state index is 0.0550. The van der Waals surface area contributed by atoms with Crippen molar-refractivity contribution in [2.75, 3.05) is 5.32 Å². The molecule has 0 spiro atoms. The maximum atomic E-state index is 12.0. The third-order valence-electron chi connectivity index (χ3n) is 4.02. The highest BCUT2D eigenvalue weighted by molar-refractivity contribution is 6.02. The zero-order chi connectivity index (χ0) is 18.4. The fraction of sp³-hybridized carbons (Fsp3) is 0.190. The lowest BCUT2D eigenvalue weighted by atomic mass is 10.1. The van der Waals surface area contributed by atoms with Crippen LogP contribution in [0.3, 0.4) is 0 Å². The average Bonchev–Trinajstić information content (AvgIpc) is 3.46. The van der Waals surface area contributed by atoms with Gasteiger partial charge in [-0.05, 0) is 54.3 Å². The summed E-state index contributed by atoms with van der Waals surface area (Å²) in [7, 11) is 0. The Morgan fingerprint density at radius 2 is 1.77 bits per heavy atom. The molecule has 0 bridgehead atoms. The summed E-state index contributed by atoms with van der Waals surface area (Å²) >= 11 is 0. The first-order valence-electron chi connectivity index (χ1n) is 8.50. The van der Waals surface area contributed by atoms with Gasteiger partial charge < -0.3 is 10.6 Å². The van der Waals surface area contributed by atoms with Gasteiger partial charge in [0.05, 0.1) is 12.5 Å². The van der Waals surface area contributed by atoms with E-state index in [2.05, 4.69) is 16.7 Å². The van der Waals surface area contributed by atoms with Crippen molar-refractivity contribution in [3.05, 3.63) is 71.3 Å². The summed E-state index contributed by atoms with van der Waals surface area (Å²) in [6.45, 7) is 0. The van der Waals surface area contributed by atoms with Crippen molar-refractivity contribution < 1.29 is 9.59 Å². The molecule has 0 aromatic heterocycles. The number of benzene rings is 2. The molecule has 0 aliphatic heterocycles. The van der Waals surface area contributed by atoms with Crippen molar-refractivity contribution in [2.24, 2.45) is 0 Å². The van der Waals surface area contributed by atoms with Gasteiger partial charge in [0.2, 0.25) is 5.91 Å². The molecule has 1 aliphatic rings. The van der Waals surface area contributed by atoms with E-state index in [0.717, 1.165) is 24.0 Å². The first-order valence-corrected chi connectivity index (χ1v) is 8.50. The summed E-state index contributed by atoms with van der Waals surface area (Å²) in [6.07, 6.45) is 5.61. The number of nitrogens with zero attached hydrogens (tertiary/aromatic N) is 1.